The molecule has 0 rings (SSSR count). The average Bonchev–Trinajstić information content (AvgIpc) is 3.52. The number of unbranched alkanes of at least 4 members (excludes halogenated alkanes) is 50. The van der Waals surface area contributed by atoms with E-state index in [0.717, 1.165) is 83.5 Å². The van der Waals surface area contributed by atoms with Crippen LogP contribution in [0, 0.1) is 0 Å². The molecule has 0 radical (unpaired) electrons. The van der Waals surface area contributed by atoms with Gasteiger partial charge in [-0.1, -0.05) is 407 Å². The maximum absolute atomic E-state index is 12.4. The van der Waals surface area contributed by atoms with Crippen LogP contribution in [-0.4, -0.2) is 36.4 Å². The maximum atomic E-state index is 12.4. The van der Waals surface area contributed by atoms with Gasteiger partial charge in [-0.25, -0.2) is 0 Å². The van der Waals surface area contributed by atoms with Gasteiger partial charge in [-0.15, -0.1) is 0 Å². The number of aliphatic hydroxyl groups is 1. The number of rotatable bonds is 72. The molecule has 0 aliphatic rings. The summed E-state index contributed by atoms with van der Waals surface area (Å²) in [6.45, 7) is 4.08. The quantitative estimate of drug-likeness (QED) is 0.0373. The van der Waals surface area contributed by atoms with Crippen molar-refractivity contribution < 1.29 is 24.2 Å². The second-order valence-corrected chi connectivity index (χ2v) is 26.1. The monoisotopic (exact) mass is 1210 g/mol. The lowest BCUT2D eigenvalue weighted by molar-refractivity contribution is -0.161. The third-order valence-electron chi connectivity index (χ3n) is 17.5. The highest BCUT2D eigenvalue weighted by Crippen LogP contribution is 2.19. The number of esters is 2. The summed E-state index contributed by atoms with van der Waals surface area (Å²) in [4.78, 5) is 24.7. The summed E-state index contributed by atoms with van der Waals surface area (Å²) < 4.78 is 10.8. The van der Waals surface area contributed by atoms with Crippen molar-refractivity contribution in [3.8, 4) is 0 Å². The number of carbonyl (C=O) groups excluding carboxylic acids is 2. The van der Waals surface area contributed by atoms with E-state index in [2.05, 4.69) is 98.9 Å². The minimum atomic E-state index is -0.776. The Morgan fingerprint density at radius 3 is 0.747 bits per heavy atom. The summed E-state index contributed by atoms with van der Waals surface area (Å²) in [5.41, 5.74) is 0. The second-order valence-electron chi connectivity index (χ2n) is 26.1. The standard InChI is InChI=1S/C82H148O5/c1-3-5-7-9-11-13-15-17-19-21-23-25-27-29-31-33-35-37-39-40-41-43-44-46-48-50-52-54-56-58-60-62-64-66-68-70-72-74-76-81(84)86-79-80(78-83)87-82(85)77-75-73-71-69-67-65-63-61-59-57-55-53-51-49-47-45-42-38-36-34-32-30-28-26-24-22-20-18-16-14-12-10-8-6-4-2/h6,8,12,14,18,20,24,26,30,32,36,38,45,47,80,83H,3-5,7,9-11,13,15-17,19,21-23,25,27-29,31,33-35,37,39-44,46,48-79H2,1-2H3/b8-6-,14-12-,20-18-,26-24-,32-30-,38-36-,47-45-. The van der Waals surface area contributed by atoms with E-state index in [0.29, 0.717) is 12.8 Å². The molecule has 506 valence electrons. The number of aliphatic hydroxyl groups excluding tert-OH is 1. The Hall–Kier alpha value is -2.92. The Balaban J connectivity index is 3.41. The summed E-state index contributed by atoms with van der Waals surface area (Å²) in [5, 5.41) is 9.72. The topological polar surface area (TPSA) is 72.8 Å². The van der Waals surface area contributed by atoms with Crippen molar-refractivity contribution in [3.05, 3.63) is 85.1 Å². The number of carbonyl (C=O) groups is 2. The first-order valence-corrected chi connectivity index (χ1v) is 38.6. The van der Waals surface area contributed by atoms with Crippen LogP contribution in [0.1, 0.15) is 406 Å². The fourth-order valence-electron chi connectivity index (χ4n) is 11.7. The summed E-state index contributed by atoms with van der Waals surface area (Å²) >= 11 is 0. The lowest BCUT2D eigenvalue weighted by atomic mass is 10.0. The molecule has 0 spiro atoms. The molecule has 0 fully saturated rings. The van der Waals surface area contributed by atoms with Gasteiger partial charge >= 0.3 is 11.9 Å². The van der Waals surface area contributed by atoms with Crippen LogP contribution in [0.15, 0.2) is 85.1 Å². The molecule has 1 atom stereocenters. The second kappa shape index (κ2) is 77.3. The van der Waals surface area contributed by atoms with Gasteiger partial charge in [0.1, 0.15) is 6.61 Å². The van der Waals surface area contributed by atoms with Crippen molar-refractivity contribution >= 4 is 11.9 Å². The van der Waals surface area contributed by atoms with Crippen LogP contribution >= 0.6 is 0 Å². The van der Waals surface area contributed by atoms with Crippen molar-refractivity contribution in [2.45, 2.75) is 412 Å². The van der Waals surface area contributed by atoms with Gasteiger partial charge in [0.15, 0.2) is 6.10 Å². The van der Waals surface area contributed by atoms with E-state index < -0.39 is 6.10 Å². The maximum Gasteiger partial charge on any atom is 0.306 e. The summed E-state index contributed by atoms with van der Waals surface area (Å²) in [6.07, 6.45) is 109. The lowest BCUT2D eigenvalue weighted by Gasteiger charge is -2.15. The van der Waals surface area contributed by atoms with Crippen LogP contribution in [0.2, 0.25) is 0 Å². The van der Waals surface area contributed by atoms with Crippen molar-refractivity contribution in [2.24, 2.45) is 0 Å². The smallest absolute Gasteiger partial charge is 0.306 e. The highest BCUT2D eigenvalue weighted by molar-refractivity contribution is 5.70. The third-order valence-corrected chi connectivity index (χ3v) is 17.5. The highest BCUT2D eigenvalue weighted by Gasteiger charge is 2.16. The average molecular weight is 1210 g/mol. The first-order valence-electron chi connectivity index (χ1n) is 38.6. The zero-order valence-electron chi connectivity index (χ0n) is 58.3. The fourth-order valence-corrected chi connectivity index (χ4v) is 11.7. The van der Waals surface area contributed by atoms with Crippen LogP contribution in [0.25, 0.3) is 0 Å². The normalized spacial score (nSPS) is 12.6. The molecule has 0 saturated carbocycles. The van der Waals surface area contributed by atoms with Gasteiger partial charge < -0.3 is 14.6 Å². The predicted molar refractivity (Wildman–Crippen MR) is 385 cm³/mol. The molecule has 0 aliphatic carbocycles. The van der Waals surface area contributed by atoms with Crippen LogP contribution in [0.3, 0.4) is 0 Å². The van der Waals surface area contributed by atoms with Gasteiger partial charge in [0, 0.05) is 12.8 Å². The Morgan fingerprint density at radius 2 is 0.494 bits per heavy atom. The van der Waals surface area contributed by atoms with Gasteiger partial charge in [-0.3, -0.25) is 9.59 Å². The van der Waals surface area contributed by atoms with Crippen LogP contribution in [-0.2, 0) is 19.1 Å². The molecule has 0 saturated heterocycles. The van der Waals surface area contributed by atoms with E-state index in [9.17, 15) is 14.7 Å². The third kappa shape index (κ3) is 75.5. The first kappa shape index (κ1) is 84.1. The molecule has 0 aliphatic heterocycles. The van der Waals surface area contributed by atoms with Crippen molar-refractivity contribution in [3.63, 3.8) is 0 Å². The van der Waals surface area contributed by atoms with Gasteiger partial charge in [0.25, 0.3) is 0 Å². The van der Waals surface area contributed by atoms with Crippen molar-refractivity contribution in [1.82, 2.24) is 0 Å². The molecule has 87 heavy (non-hydrogen) atoms. The minimum absolute atomic E-state index is 0.0642. The Bertz CT molecular complexity index is 1570. The number of hydrogen-bond donors (Lipinski definition) is 1. The Morgan fingerprint density at radius 1 is 0.276 bits per heavy atom. The van der Waals surface area contributed by atoms with Crippen molar-refractivity contribution in [1.29, 1.82) is 0 Å². The first-order chi connectivity index (χ1) is 43.1. The molecule has 0 aromatic rings. The van der Waals surface area contributed by atoms with Gasteiger partial charge in [0.05, 0.1) is 6.61 Å². The molecule has 0 amide bonds. The van der Waals surface area contributed by atoms with Gasteiger partial charge in [-0.2, -0.15) is 0 Å². The van der Waals surface area contributed by atoms with Gasteiger partial charge in [-0.05, 0) is 70.6 Å². The van der Waals surface area contributed by atoms with Crippen LogP contribution < -0.4 is 0 Å². The summed E-state index contributed by atoms with van der Waals surface area (Å²) in [6, 6.07) is 0. The molecule has 5 heteroatoms. The molecule has 5 nitrogen and oxygen atoms in total. The van der Waals surface area contributed by atoms with E-state index >= 15 is 0 Å². The Labute approximate surface area is 543 Å². The summed E-state index contributed by atoms with van der Waals surface area (Å²) in [7, 11) is 0. The number of hydrogen-bond acceptors (Lipinski definition) is 5. The van der Waals surface area contributed by atoms with E-state index in [-0.39, 0.29) is 25.2 Å². The zero-order valence-corrected chi connectivity index (χ0v) is 58.3. The fraction of sp³-hybridized carbons (Fsp3) is 0.805. The molecule has 0 aromatic heterocycles. The van der Waals surface area contributed by atoms with Gasteiger partial charge in [0.2, 0.25) is 0 Å². The van der Waals surface area contributed by atoms with E-state index in [1.807, 2.05) is 0 Å². The van der Waals surface area contributed by atoms with Crippen LogP contribution in [0.4, 0.5) is 0 Å². The molecule has 1 unspecified atom stereocenters. The molecular formula is C82H148O5. The minimum Gasteiger partial charge on any atom is -0.462 e. The van der Waals surface area contributed by atoms with E-state index in [1.165, 1.54) is 295 Å². The molecule has 1 N–H and O–H groups in total. The number of allylic oxidation sites excluding steroid dienone is 14. The highest BCUT2D eigenvalue weighted by atomic mass is 16.6. The van der Waals surface area contributed by atoms with E-state index in [4.69, 9.17) is 9.47 Å². The SMILES string of the molecule is CC/C=C\C/C=C\C/C=C\C/C=C\C/C=C\C/C=C\C/C=C\CCCCCCCCCCCCCCCC(=O)OC(CO)COC(=O)CCCCCCCCCCCCCCCCCCCCCCCCCCCCCCCCCCCCCCCC. The largest absolute Gasteiger partial charge is 0.462 e. The Kier molecular flexibility index (Phi) is 74.7. The molecule has 0 bridgehead atoms. The zero-order chi connectivity index (χ0) is 62.6. The number of ether oxygens (including phenoxy) is 2. The summed E-state index contributed by atoms with van der Waals surface area (Å²) in [5.74, 6) is -0.575. The molecular weight excluding hydrogens is 1060 g/mol. The van der Waals surface area contributed by atoms with Crippen molar-refractivity contribution in [2.75, 3.05) is 13.2 Å². The molecule has 0 aromatic carbocycles. The van der Waals surface area contributed by atoms with E-state index in [1.54, 1.807) is 0 Å². The predicted octanol–water partition coefficient (Wildman–Crippen LogP) is 27.2. The lowest BCUT2D eigenvalue weighted by Crippen LogP contribution is -2.28. The molecule has 0 heterocycles. The van der Waals surface area contributed by atoms with Crippen LogP contribution in [0.5, 0.6) is 0 Å².